The highest BCUT2D eigenvalue weighted by Crippen LogP contribution is 2.58. The Hall–Kier alpha value is -5.24. The number of fused-ring (bicyclic) bond motifs is 5. The Morgan fingerprint density at radius 3 is 1.31 bits per heavy atom. The monoisotopic (exact) mass is 702 g/mol. The third-order valence-electron chi connectivity index (χ3n) is 9.85. The zero-order valence-electron chi connectivity index (χ0n) is 27.7. The molecule has 0 spiro atoms. The van der Waals surface area contributed by atoms with Crippen LogP contribution in [0.2, 0.25) is 0 Å². The highest BCUT2D eigenvalue weighted by atomic mass is 32.1. The minimum absolute atomic E-state index is 0.0403. The van der Waals surface area contributed by atoms with Gasteiger partial charge in [-0.1, -0.05) is 84.9 Å². The van der Waals surface area contributed by atoms with Gasteiger partial charge in [-0.2, -0.15) is 0 Å². The van der Waals surface area contributed by atoms with E-state index in [4.69, 9.17) is 9.47 Å². The van der Waals surface area contributed by atoms with Gasteiger partial charge in [-0.3, -0.25) is 0 Å². The lowest BCUT2D eigenvalue weighted by atomic mass is 9.67. The molecule has 0 aliphatic heterocycles. The Morgan fingerprint density at radius 1 is 0.471 bits per heavy atom. The second-order valence-electron chi connectivity index (χ2n) is 12.8. The van der Waals surface area contributed by atoms with Crippen molar-refractivity contribution in [3.8, 4) is 43.5 Å². The molecule has 4 nitrogen and oxygen atoms in total. The summed E-state index contributed by atoms with van der Waals surface area (Å²) in [5, 5.41) is 21.3. The molecule has 9 rings (SSSR count). The number of benzene rings is 6. The lowest BCUT2D eigenvalue weighted by Gasteiger charge is -2.34. The topological polar surface area (TPSA) is 58.9 Å². The van der Waals surface area contributed by atoms with Gasteiger partial charge in [0.2, 0.25) is 0 Å². The molecule has 0 bridgehead atoms. The minimum Gasteiger partial charge on any atom is -0.491 e. The van der Waals surface area contributed by atoms with Gasteiger partial charge in [0.15, 0.2) is 0 Å². The van der Waals surface area contributed by atoms with E-state index in [1.54, 1.807) is 0 Å². The maximum Gasteiger partial charge on any atom is 0.119 e. The van der Waals surface area contributed by atoms with E-state index in [1.807, 2.05) is 46.9 Å². The van der Waals surface area contributed by atoms with Gasteiger partial charge in [-0.05, 0) is 116 Å². The average Bonchev–Trinajstić information content (AvgIpc) is 3.89. The number of aliphatic hydroxyl groups is 2. The van der Waals surface area contributed by atoms with E-state index < -0.39 is 5.41 Å². The molecule has 0 radical (unpaired) electrons. The van der Waals surface area contributed by atoms with Crippen molar-refractivity contribution in [1.82, 2.24) is 0 Å². The van der Waals surface area contributed by atoms with Crippen LogP contribution in [0.25, 0.3) is 52.2 Å². The average molecular weight is 703 g/mol. The zero-order valence-corrected chi connectivity index (χ0v) is 29.3. The lowest BCUT2D eigenvalue weighted by molar-refractivity contribution is 0.201. The van der Waals surface area contributed by atoms with E-state index in [0.717, 1.165) is 22.6 Å². The quantitative estimate of drug-likeness (QED) is 0.149. The van der Waals surface area contributed by atoms with Crippen LogP contribution in [0.4, 0.5) is 0 Å². The predicted octanol–water partition coefficient (Wildman–Crippen LogP) is 10.6. The molecule has 2 heterocycles. The molecule has 0 atom stereocenters. The summed E-state index contributed by atoms with van der Waals surface area (Å²) in [6.45, 7) is 0.405. The number of thiophene rings is 2. The first-order valence-corrected chi connectivity index (χ1v) is 18.7. The Bertz CT molecular complexity index is 2270. The van der Waals surface area contributed by atoms with Crippen LogP contribution >= 0.6 is 22.7 Å². The van der Waals surface area contributed by atoms with Crippen LogP contribution in [0.15, 0.2) is 146 Å². The molecule has 8 aromatic rings. The van der Waals surface area contributed by atoms with Gasteiger partial charge in [-0.15, -0.1) is 22.7 Å². The van der Waals surface area contributed by atoms with Gasteiger partial charge >= 0.3 is 0 Å². The maximum atomic E-state index is 9.38. The summed E-state index contributed by atoms with van der Waals surface area (Å²) in [5.74, 6) is 1.43. The normalized spacial score (nSPS) is 13.0. The largest absolute Gasteiger partial charge is 0.491 e. The zero-order chi connectivity index (χ0) is 34.4. The molecular weight excluding hydrogens is 669 g/mol. The minimum atomic E-state index is -0.632. The SMILES string of the molecule is OCCOc1ccc(C2(c3ccc(OCCO)cc3)c3ccc(-c4cc5ccccc5s4)cc3-c3cc(-c4cc5ccccc5s4)ccc32)cc1. The molecule has 0 saturated heterocycles. The van der Waals surface area contributed by atoms with Crippen LogP contribution in [0.1, 0.15) is 22.3 Å². The summed E-state index contributed by atoms with van der Waals surface area (Å²) in [6, 6.07) is 52.3. The summed E-state index contributed by atoms with van der Waals surface area (Å²) in [6.07, 6.45) is 0. The van der Waals surface area contributed by atoms with E-state index in [1.165, 1.54) is 63.3 Å². The third-order valence-corrected chi connectivity index (χ3v) is 12.2. The molecule has 1 aliphatic carbocycles. The molecule has 0 saturated carbocycles. The van der Waals surface area contributed by atoms with Crippen LogP contribution in [-0.4, -0.2) is 36.6 Å². The van der Waals surface area contributed by atoms with Crippen LogP contribution in [0, 0.1) is 0 Å². The smallest absolute Gasteiger partial charge is 0.119 e. The second kappa shape index (κ2) is 13.1. The molecule has 51 heavy (non-hydrogen) atoms. The molecule has 0 amide bonds. The maximum absolute atomic E-state index is 9.38. The fourth-order valence-electron chi connectivity index (χ4n) is 7.61. The van der Waals surface area contributed by atoms with E-state index in [9.17, 15) is 10.2 Å². The molecule has 2 aromatic heterocycles. The van der Waals surface area contributed by atoms with Crippen molar-refractivity contribution < 1.29 is 19.7 Å². The predicted molar refractivity (Wildman–Crippen MR) is 211 cm³/mol. The van der Waals surface area contributed by atoms with Crippen LogP contribution in [0.3, 0.4) is 0 Å². The van der Waals surface area contributed by atoms with Crippen molar-refractivity contribution in [1.29, 1.82) is 0 Å². The van der Waals surface area contributed by atoms with Crippen molar-refractivity contribution in [2.24, 2.45) is 0 Å². The van der Waals surface area contributed by atoms with E-state index >= 15 is 0 Å². The van der Waals surface area contributed by atoms with Crippen LogP contribution < -0.4 is 9.47 Å². The van der Waals surface area contributed by atoms with Gasteiger partial charge in [0.25, 0.3) is 0 Å². The summed E-state index contributed by atoms with van der Waals surface area (Å²) >= 11 is 3.65. The standard InChI is InChI=1S/C45H34O4S2/c46-21-23-48-35-15-11-33(12-16-35)45(34-13-17-36(18-14-34)49-24-22-47)39-19-9-31(43-27-29-5-1-3-7-41(29)50-43)25-37(39)38-26-32(10-20-40(38)45)44-28-30-6-2-4-8-42(30)51-44/h1-20,25-28,46-47H,21-24H2. The molecule has 250 valence electrons. The highest BCUT2D eigenvalue weighted by molar-refractivity contribution is 7.22. The Labute approximate surface area is 304 Å². The van der Waals surface area contributed by atoms with E-state index in [-0.39, 0.29) is 26.4 Å². The van der Waals surface area contributed by atoms with Gasteiger partial charge in [0, 0.05) is 19.2 Å². The summed E-state index contributed by atoms with van der Waals surface area (Å²) < 4.78 is 14.2. The Kier molecular flexibility index (Phi) is 8.17. The first-order chi connectivity index (χ1) is 25.1. The molecule has 6 heteroatoms. The number of ether oxygens (including phenoxy) is 2. The fraction of sp³-hybridized carbons (Fsp3) is 0.111. The van der Waals surface area contributed by atoms with Gasteiger partial charge in [0.05, 0.1) is 18.6 Å². The number of hydrogen-bond donors (Lipinski definition) is 2. The molecule has 1 aliphatic rings. The number of hydrogen-bond acceptors (Lipinski definition) is 6. The van der Waals surface area contributed by atoms with Crippen molar-refractivity contribution in [3.05, 3.63) is 168 Å². The molecular formula is C45H34O4S2. The molecule has 2 N–H and O–H groups in total. The number of aliphatic hydroxyl groups excluding tert-OH is 2. The highest BCUT2D eigenvalue weighted by Gasteiger charge is 2.46. The van der Waals surface area contributed by atoms with Gasteiger partial charge < -0.3 is 19.7 Å². The Balaban J connectivity index is 1.29. The summed E-state index contributed by atoms with van der Waals surface area (Å²) in [5.41, 5.74) is 8.85. The first-order valence-electron chi connectivity index (χ1n) is 17.1. The lowest BCUT2D eigenvalue weighted by Crippen LogP contribution is -2.28. The summed E-state index contributed by atoms with van der Waals surface area (Å²) in [7, 11) is 0. The third kappa shape index (κ3) is 5.43. The second-order valence-corrected chi connectivity index (χ2v) is 14.9. The van der Waals surface area contributed by atoms with Crippen molar-refractivity contribution in [2.45, 2.75) is 5.41 Å². The number of rotatable bonds is 10. The van der Waals surface area contributed by atoms with Gasteiger partial charge in [0.1, 0.15) is 24.7 Å². The summed E-state index contributed by atoms with van der Waals surface area (Å²) in [4.78, 5) is 2.49. The molecule has 6 aromatic carbocycles. The molecule has 0 unspecified atom stereocenters. The van der Waals surface area contributed by atoms with Crippen molar-refractivity contribution in [3.63, 3.8) is 0 Å². The first kappa shape index (κ1) is 31.7. The fourth-order valence-corrected chi connectivity index (χ4v) is 9.72. The van der Waals surface area contributed by atoms with Gasteiger partial charge in [-0.25, -0.2) is 0 Å². The Morgan fingerprint density at radius 2 is 0.902 bits per heavy atom. The van der Waals surface area contributed by atoms with Crippen molar-refractivity contribution >= 4 is 42.8 Å². The molecule has 0 fully saturated rings. The van der Waals surface area contributed by atoms with E-state index in [0.29, 0.717) is 0 Å². The van der Waals surface area contributed by atoms with Crippen LogP contribution in [0.5, 0.6) is 11.5 Å². The van der Waals surface area contributed by atoms with Crippen molar-refractivity contribution in [2.75, 3.05) is 26.4 Å². The van der Waals surface area contributed by atoms with Crippen LogP contribution in [-0.2, 0) is 5.41 Å². The van der Waals surface area contributed by atoms with E-state index in [2.05, 4.69) is 121 Å².